The maximum atomic E-state index is 11.7. The van der Waals surface area contributed by atoms with Gasteiger partial charge in [-0.3, -0.25) is 4.79 Å². The third kappa shape index (κ3) is 6.82. The lowest BCUT2D eigenvalue weighted by Crippen LogP contribution is -2.28. The van der Waals surface area contributed by atoms with Crippen LogP contribution in [0.1, 0.15) is 18.9 Å². The smallest absolute Gasteiger partial charge is 0.224 e. The number of hydrogen-bond donors (Lipinski definition) is 1. The molecule has 0 unspecified atom stereocenters. The predicted octanol–water partition coefficient (Wildman–Crippen LogP) is 1.70. The molecule has 1 aromatic carbocycles. The number of carbonyl (C=O) groups excluding carboxylic acids is 1. The van der Waals surface area contributed by atoms with E-state index in [9.17, 15) is 4.79 Å². The van der Waals surface area contributed by atoms with Gasteiger partial charge in [-0.2, -0.15) is 0 Å². The van der Waals surface area contributed by atoms with Crippen LogP contribution < -0.4 is 10.1 Å². The Labute approximate surface area is 115 Å². The Kier molecular flexibility index (Phi) is 6.97. The van der Waals surface area contributed by atoms with E-state index in [2.05, 4.69) is 10.2 Å². The molecule has 0 radical (unpaired) electrons. The minimum atomic E-state index is 0.0721. The molecule has 0 aromatic heterocycles. The number of amides is 1. The molecule has 1 aromatic rings. The molecule has 0 heterocycles. The molecule has 4 heteroatoms. The van der Waals surface area contributed by atoms with Gasteiger partial charge in [0.25, 0.3) is 0 Å². The summed E-state index contributed by atoms with van der Waals surface area (Å²) in [6.45, 7) is 4.33. The number of carbonyl (C=O) groups is 1. The summed E-state index contributed by atoms with van der Waals surface area (Å²) in [7, 11) is 4.06. The molecule has 0 fully saturated rings. The molecule has 1 N–H and O–H groups in total. The highest BCUT2D eigenvalue weighted by Crippen LogP contribution is 2.12. The summed E-state index contributed by atoms with van der Waals surface area (Å²) >= 11 is 0. The molecule has 0 spiro atoms. The first kappa shape index (κ1) is 15.5. The maximum Gasteiger partial charge on any atom is 0.224 e. The summed E-state index contributed by atoms with van der Waals surface area (Å²) in [5.41, 5.74) is 1.01. The van der Waals surface area contributed by atoms with E-state index in [4.69, 9.17) is 4.74 Å². The largest absolute Gasteiger partial charge is 0.494 e. The van der Waals surface area contributed by atoms with E-state index in [1.54, 1.807) is 0 Å². The summed E-state index contributed by atoms with van der Waals surface area (Å²) in [6.07, 6.45) is 1.40. The van der Waals surface area contributed by atoms with E-state index in [-0.39, 0.29) is 5.91 Å². The van der Waals surface area contributed by atoms with Crippen LogP contribution in [-0.2, 0) is 11.2 Å². The van der Waals surface area contributed by atoms with Crippen LogP contribution in [0.2, 0.25) is 0 Å². The van der Waals surface area contributed by atoms with Crippen LogP contribution in [0.4, 0.5) is 0 Å². The molecule has 0 aliphatic carbocycles. The zero-order chi connectivity index (χ0) is 14.1. The Morgan fingerprint density at radius 1 is 1.26 bits per heavy atom. The molecule has 4 nitrogen and oxygen atoms in total. The van der Waals surface area contributed by atoms with Gasteiger partial charge in [-0.15, -0.1) is 0 Å². The van der Waals surface area contributed by atoms with Gasteiger partial charge in [0.1, 0.15) is 5.75 Å². The minimum Gasteiger partial charge on any atom is -0.494 e. The molecule has 0 atom stereocenters. The second-order valence-corrected chi connectivity index (χ2v) is 4.76. The van der Waals surface area contributed by atoms with Crippen molar-refractivity contribution >= 4 is 5.91 Å². The van der Waals surface area contributed by atoms with Gasteiger partial charge in [-0.05, 0) is 51.7 Å². The lowest BCUT2D eigenvalue weighted by Gasteiger charge is -2.10. The highest BCUT2D eigenvalue weighted by Gasteiger charge is 2.03. The van der Waals surface area contributed by atoms with Gasteiger partial charge in [0.15, 0.2) is 0 Å². The monoisotopic (exact) mass is 264 g/mol. The lowest BCUT2D eigenvalue weighted by atomic mass is 10.1. The molecular formula is C15H24N2O2. The van der Waals surface area contributed by atoms with Gasteiger partial charge in [-0.25, -0.2) is 0 Å². The van der Waals surface area contributed by atoms with Crippen molar-refractivity contribution < 1.29 is 9.53 Å². The molecule has 0 bridgehead atoms. The van der Waals surface area contributed by atoms with Crippen LogP contribution >= 0.6 is 0 Å². The fraction of sp³-hybridized carbons (Fsp3) is 0.533. The molecule has 106 valence electrons. The Balaban J connectivity index is 2.27. The van der Waals surface area contributed by atoms with Crippen LogP contribution in [0.3, 0.4) is 0 Å². The number of rotatable bonds is 8. The van der Waals surface area contributed by atoms with Gasteiger partial charge in [0, 0.05) is 6.54 Å². The van der Waals surface area contributed by atoms with E-state index < -0.39 is 0 Å². The number of nitrogens with zero attached hydrogens (tertiary/aromatic N) is 1. The van der Waals surface area contributed by atoms with E-state index in [1.165, 1.54) is 0 Å². The van der Waals surface area contributed by atoms with Crippen molar-refractivity contribution in [2.45, 2.75) is 19.8 Å². The van der Waals surface area contributed by atoms with E-state index in [0.29, 0.717) is 13.0 Å². The van der Waals surface area contributed by atoms with Crippen LogP contribution in [0, 0.1) is 0 Å². The SMILES string of the molecule is CCOc1ccc(CC(=O)NCCCN(C)C)cc1. The second-order valence-electron chi connectivity index (χ2n) is 4.76. The fourth-order valence-electron chi connectivity index (χ4n) is 1.74. The number of nitrogens with one attached hydrogen (secondary N) is 1. The van der Waals surface area contributed by atoms with Crippen molar-refractivity contribution in [1.82, 2.24) is 10.2 Å². The summed E-state index contributed by atoms with van der Waals surface area (Å²) in [5.74, 6) is 0.917. The van der Waals surface area contributed by atoms with Gasteiger partial charge in [0.2, 0.25) is 5.91 Å². The molecule has 19 heavy (non-hydrogen) atoms. The summed E-state index contributed by atoms with van der Waals surface area (Å²) < 4.78 is 5.36. The standard InChI is InChI=1S/C15H24N2O2/c1-4-19-14-8-6-13(7-9-14)12-15(18)16-10-5-11-17(2)3/h6-9H,4-5,10-12H2,1-3H3,(H,16,18). The van der Waals surface area contributed by atoms with Crippen molar-refractivity contribution in [2.75, 3.05) is 33.8 Å². The van der Waals surface area contributed by atoms with Gasteiger partial charge >= 0.3 is 0 Å². The normalized spacial score (nSPS) is 10.5. The Bertz CT molecular complexity index is 374. The summed E-state index contributed by atoms with van der Waals surface area (Å²) in [6, 6.07) is 7.67. The molecular weight excluding hydrogens is 240 g/mol. The topological polar surface area (TPSA) is 41.6 Å². The third-order valence-electron chi connectivity index (χ3n) is 2.70. The number of ether oxygens (including phenoxy) is 1. The first-order chi connectivity index (χ1) is 9.11. The van der Waals surface area contributed by atoms with Crippen LogP contribution in [0.25, 0.3) is 0 Å². The zero-order valence-corrected chi connectivity index (χ0v) is 12.1. The highest BCUT2D eigenvalue weighted by atomic mass is 16.5. The van der Waals surface area contributed by atoms with Crippen molar-refractivity contribution in [3.63, 3.8) is 0 Å². The van der Waals surface area contributed by atoms with Crippen LogP contribution in [0.5, 0.6) is 5.75 Å². The Morgan fingerprint density at radius 2 is 1.95 bits per heavy atom. The lowest BCUT2D eigenvalue weighted by molar-refractivity contribution is -0.120. The fourth-order valence-corrected chi connectivity index (χ4v) is 1.74. The van der Waals surface area contributed by atoms with Gasteiger partial charge < -0.3 is 15.0 Å². The molecule has 0 aliphatic rings. The quantitative estimate of drug-likeness (QED) is 0.727. The number of benzene rings is 1. The minimum absolute atomic E-state index is 0.0721. The summed E-state index contributed by atoms with van der Waals surface area (Å²) in [5, 5.41) is 2.93. The average Bonchev–Trinajstić information content (AvgIpc) is 2.37. The Morgan fingerprint density at radius 3 is 2.53 bits per heavy atom. The van der Waals surface area contributed by atoms with Gasteiger partial charge in [-0.1, -0.05) is 12.1 Å². The molecule has 1 rings (SSSR count). The zero-order valence-electron chi connectivity index (χ0n) is 12.1. The van der Waals surface area contributed by atoms with Crippen molar-refractivity contribution in [3.8, 4) is 5.75 Å². The van der Waals surface area contributed by atoms with E-state index in [1.807, 2.05) is 45.3 Å². The summed E-state index contributed by atoms with van der Waals surface area (Å²) in [4.78, 5) is 13.8. The van der Waals surface area contributed by atoms with Gasteiger partial charge in [0.05, 0.1) is 13.0 Å². The van der Waals surface area contributed by atoms with E-state index >= 15 is 0 Å². The van der Waals surface area contributed by atoms with Crippen molar-refractivity contribution in [1.29, 1.82) is 0 Å². The molecule has 0 saturated carbocycles. The average molecular weight is 264 g/mol. The molecule has 0 aliphatic heterocycles. The second kappa shape index (κ2) is 8.53. The maximum absolute atomic E-state index is 11.7. The van der Waals surface area contributed by atoms with Crippen LogP contribution in [0.15, 0.2) is 24.3 Å². The highest BCUT2D eigenvalue weighted by molar-refractivity contribution is 5.78. The first-order valence-electron chi connectivity index (χ1n) is 6.75. The predicted molar refractivity (Wildman–Crippen MR) is 77.5 cm³/mol. The third-order valence-corrected chi connectivity index (χ3v) is 2.70. The van der Waals surface area contributed by atoms with E-state index in [0.717, 1.165) is 30.8 Å². The number of hydrogen-bond acceptors (Lipinski definition) is 3. The van der Waals surface area contributed by atoms with Crippen LogP contribution in [-0.4, -0.2) is 44.6 Å². The van der Waals surface area contributed by atoms with Crippen molar-refractivity contribution in [3.05, 3.63) is 29.8 Å². The molecule has 1 amide bonds. The van der Waals surface area contributed by atoms with Crippen molar-refractivity contribution in [2.24, 2.45) is 0 Å². The Hall–Kier alpha value is -1.55. The first-order valence-corrected chi connectivity index (χ1v) is 6.75. The molecule has 0 saturated heterocycles.